The van der Waals surface area contributed by atoms with Crippen LogP contribution < -0.4 is 20.4 Å². The van der Waals surface area contributed by atoms with Crippen molar-refractivity contribution in [2.24, 2.45) is 81.8 Å². The first kappa shape index (κ1) is 91.1. The molecule has 3 heterocycles. The molecule has 15 rings (SSSR count). The van der Waals surface area contributed by atoms with E-state index in [1.807, 2.05) is 83.1 Å². The molecule has 1 aliphatic rings. The van der Waals surface area contributed by atoms with Crippen molar-refractivity contribution >= 4 is 167 Å². The van der Waals surface area contributed by atoms with Gasteiger partial charge in [0.15, 0.2) is 0 Å². The maximum atomic E-state index is 12.7. The molecule has 0 radical (unpaired) electrons. The Bertz CT molecular complexity index is 7000. The van der Waals surface area contributed by atoms with Crippen LogP contribution in [0.5, 0.6) is 0 Å². The van der Waals surface area contributed by atoms with Crippen LogP contribution in [0.15, 0.2) is 368 Å². The minimum atomic E-state index is -4.81. The van der Waals surface area contributed by atoms with Crippen LogP contribution in [0.3, 0.4) is 0 Å². The van der Waals surface area contributed by atoms with E-state index in [9.17, 15) is 51.9 Å². The molecule has 38 nitrogen and oxygen atoms in total. The van der Waals surface area contributed by atoms with Crippen LogP contribution in [-0.4, -0.2) is 107 Å². The van der Waals surface area contributed by atoms with Crippen LogP contribution in [-0.2, 0) is 53.3 Å². The molecule has 2 atom stereocenters. The monoisotopic (exact) mass is 1840 g/mol. The molecule has 0 amide bonds. The molecule has 1 aliphatic heterocycles. The second-order valence-electron chi connectivity index (χ2n) is 30.1. The van der Waals surface area contributed by atoms with E-state index in [4.69, 9.17) is 29.9 Å². The second-order valence-corrected chi connectivity index (χ2v) is 35.7. The van der Waals surface area contributed by atoms with Crippen LogP contribution >= 0.6 is 0 Å². The molecule has 0 bridgehead atoms. The Morgan fingerprint density at radius 3 is 0.886 bits per heavy atom. The van der Waals surface area contributed by atoms with Crippen molar-refractivity contribution in [1.82, 2.24) is 29.9 Å². The number of nitrogens with one attached hydrogen (secondary N) is 2. The molecule has 1 saturated heterocycles. The van der Waals surface area contributed by atoms with Crippen LogP contribution in [0.25, 0.3) is 0 Å². The van der Waals surface area contributed by atoms with E-state index in [0.29, 0.717) is 127 Å². The fourth-order valence-corrected chi connectivity index (χ4v) is 15.6. The van der Waals surface area contributed by atoms with Crippen LogP contribution in [0, 0.1) is 27.7 Å². The fourth-order valence-electron chi connectivity index (χ4n) is 13.4. The first-order chi connectivity index (χ1) is 63.2. The summed E-state index contributed by atoms with van der Waals surface area (Å²) in [5.74, 6) is 1.93. The summed E-state index contributed by atoms with van der Waals surface area (Å²) >= 11 is 0. The number of hydrogen-bond donors (Lipinski definition) is 6. The lowest BCUT2D eigenvalue weighted by atomic mass is 10.1. The zero-order valence-corrected chi connectivity index (χ0v) is 74.1. The minimum Gasteiger partial charge on any atom is -0.334 e. The van der Waals surface area contributed by atoms with Gasteiger partial charge >= 0.3 is 0 Å². The topological polar surface area (TPSA) is 523 Å². The summed E-state index contributed by atoms with van der Waals surface area (Å²) < 4.78 is 136. The first-order valence-electron chi connectivity index (χ1n) is 40.3. The number of nitrogens with zero attached hydrogens (tertiary/aromatic N) is 24. The predicted molar refractivity (Wildman–Crippen MR) is 494 cm³/mol. The number of piperazine rings is 1. The summed E-state index contributed by atoms with van der Waals surface area (Å²) in [5.41, 5.74) is 11.5. The summed E-state index contributed by atoms with van der Waals surface area (Å²) in [7, 11) is -18.3. The van der Waals surface area contributed by atoms with Gasteiger partial charge in [0.1, 0.15) is 32.8 Å². The van der Waals surface area contributed by atoms with Gasteiger partial charge < -0.3 is 20.4 Å². The summed E-state index contributed by atoms with van der Waals surface area (Å²) in [6, 6.07) is 71.3. The van der Waals surface area contributed by atoms with E-state index < -0.39 is 50.3 Å². The number of benzene rings is 12. The lowest BCUT2D eigenvalue weighted by Gasteiger charge is -2.44. The number of aromatic nitrogens is 6. The second kappa shape index (κ2) is 39.9. The van der Waals surface area contributed by atoms with Crippen molar-refractivity contribution in [3.8, 4) is 0 Å². The molecule has 12 aromatic carbocycles. The highest BCUT2D eigenvalue weighted by molar-refractivity contribution is 7.86. The lowest BCUT2D eigenvalue weighted by Crippen LogP contribution is -2.57. The first-order valence-corrected chi connectivity index (χ1v) is 46.0. The van der Waals surface area contributed by atoms with Crippen molar-refractivity contribution in [1.29, 1.82) is 0 Å². The van der Waals surface area contributed by atoms with E-state index in [1.165, 1.54) is 72.8 Å². The van der Waals surface area contributed by atoms with Gasteiger partial charge in [-0.05, 0) is 281 Å². The zero-order chi connectivity index (χ0) is 92.9. The van der Waals surface area contributed by atoms with Gasteiger partial charge in [-0.25, -0.2) is 4.98 Å². The Hall–Kier alpha value is -15.7. The quantitative estimate of drug-likeness (QED) is 0.0180. The van der Waals surface area contributed by atoms with Gasteiger partial charge in [-0.2, -0.15) is 130 Å². The SMILES string of the molecule is Cc1cc(Cc2nc(Cc3ccc(N=Nc4ccc(N=Nc5ccccc5)cc4S(=O)(=O)O)c(C)c3)nc(N3CC(C)N(c4nc(Nc5ccc(N=Nc6ccc(N=Nc7ccc(S(=O)(=O)O)cc7)cc6)c(C)c5)nc(Nc5ccc(N=Nc6ccc(N=Nc7ccccc7)cc6S(=O)(=O)O)c(C)c5)n4)CC3C)n2)ccc1N=Nc1ccc(N=Nc2ccc(S(=O)(=O)O)cc2)cc1. The van der Waals surface area contributed by atoms with E-state index >= 15 is 0 Å². The third kappa shape index (κ3) is 24.2. The molecule has 42 heteroatoms. The van der Waals surface area contributed by atoms with Crippen LogP contribution in [0.1, 0.15) is 58.9 Å². The zero-order valence-electron chi connectivity index (χ0n) is 70.8. The third-order valence-electron chi connectivity index (χ3n) is 20.1. The average molecular weight is 1840 g/mol. The maximum Gasteiger partial charge on any atom is 0.296 e. The van der Waals surface area contributed by atoms with Gasteiger partial charge in [0, 0.05) is 49.4 Å². The van der Waals surface area contributed by atoms with Crippen molar-refractivity contribution in [2.75, 3.05) is 33.5 Å². The van der Waals surface area contributed by atoms with Crippen molar-refractivity contribution in [3.05, 3.63) is 312 Å². The number of azo groups is 8. The van der Waals surface area contributed by atoms with Gasteiger partial charge in [0.2, 0.25) is 23.8 Å². The molecular weight excluding hydrogens is 1770 g/mol. The van der Waals surface area contributed by atoms with Gasteiger partial charge in [-0.1, -0.05) is 60.7 Å². The Morgan fingerprint density at radius 2 is 0.561 bits per heavy atom. The summed E-state index contributed by atoms with van der Waals surface area (Å²) in [4.78, 5) is 33.1. The van der Waals surface area contributed by atoms with Crippen molar-refractivity contribution in [2.45, 2.75) is 86.0 Å². The molecule has 1 fully saturated rings. The van der Waals surface area contributed by atoms with Crippen LogP contribution in [0.4, 0.5) is 126 Å². The summed E-state index contributed by atoms with van der Waals surface area (Å²) in [5, 5.41) is 75.5. The normalized spacial score (nSPS) is 14.3. The largest absolute Gasteiger partial charge is 0.334 e. The molecule has 2 unspecified atom stereocenters. The number of anilines is 6. The van der Waals surface area contributed by atoms with Gasteiger partial charge in [0.25, 0.3) is 40.5 Å². The molecule has 2 aromatic heterocycles. The molecule has 132 heavy (non-hydrogen) atoms. The number of aryl methyl sites for hydroxylation is 4. The predicted octanol–water partition coefficient (Wildman–Crippen LogP) is 24.4. The van der Waals surface area contributed by atoms with Crippen LogP contribution in [0.2, 0.25) is 0 Å². The molecule has 0 saturated carbocycles. The van der Waals surface area contributed by atoms with Gasteiger partial charge in [0.05, 0.1) is 89.4 Å². The van der Waals surface area contributed by atoms with E-state index in [-0.39, 0.29) is 69.4 Å². The van der Waals surface area contributed by atoms with E-state index in [0.717, 1.165) is 34.4 Å². The van der Waals surface area contributed by atoms with Crippen molar-refractivity contribution < 1.29 is 51.9 Å². The Labute approximate surface area is 757 Å². The summed E-state index contributed by atoms with van der Waals surface area (Å²) in [6.07, 6.45) is 0.504. The minimum absolute atomic E-state index is 0.125. The van der Waals surface area contributed by atoms with E-state index in [2.05, 4.69) is 102 Å². The van der Waals surface area contributed by atoms with Gasteiger partial charge in [-0.3, -0.25) is 18.2 Å². The molecule has 0 spiro atoms. The average Bonchev–Trinajstić information content (AvgIpc) is 0.780. The highest BCUT2D eigenvalue weighted by Gasteiger charge is 2.34. The smallest absolute Gasteiger partial charge is 0.296 e. The van der Waals surface area contributed by atoms with E-state index in [1.54, 1.807) is 140 Å². The standard InChI is InChI=1S/C90H78N26O12S4/c1-55-45-61(17-39-77(55)109-105-67-23-19-65(20-24-67)101-103-69-27-35-75(36-28-69)129(117,118)119)49-85-93-86(50-62-18-40-78(56(2)46-62)111-113-81-43-33-73(51-83(81)131(123,124)125)107-99-63-13-9-7-10-14-63)95-89(94-85)115-53-60(6)116(54-59(115)5)90-97-87(91-71-31-41-79(57(3)47-71)110-106-68-25-21-66(22-26-68)102-104-70-29-37-76(38-30-70)130(120,121)122)96-88(98-90)92-72-32-42-80(58(4)48-72)112-114-82-44-34-74(52-84(82)132(126,127)128)108-100-64-15-11-8-12-16-64/h7-48,51-52,59-60H,49-50,53-54H2,1-6H3,(H,117,118,119)(H,120,121,122)(H,123,124,125)(H,126,127,128)(H2,91,92,96,97,98). The molecular formula is C90H78N26O12S4. The lowest BCUT2D eigenvalue weighted by molar-refractivity contribution is 0.465. The molecule has 6 N–H and O–H groups in total. The Balaban J connectivity index is 0.702. The number of rotatable bonds is 30. The van der Waals surface area contributed by atoms with Gasteiger partial charge in [-0.15, -0.1) is 10.2 Å². The number of hydrogen-bond acceptors (Lipinski definition) is 34. The summed E-state index contributed by atoms with van der Waals surface area (Å²) in [6.45, 7) is 12.2. The Kier molecular flexibility index (Phi) is 27.5. The third-order valence-corrected chi connectivity index (χ3v) is 23.6. The maximum absolute atomic E-state index is 12.7. The Morgan fingerprint density at radius 1 is 0.288 bits per heavy atom. The molecule has 14 aromatic rings. The fraction of sp³-hybridized carbons (Fsp3) is 0.133. The molecule has 664 valence electrons. The van der Waals surface area contributed by atoms with Crippen molar-refractivity contribution in [3.63, 3.8) is 0 Å². The molecule has 0 aliphatic carbocycles. The highest BCUT2D eigenvalue weighted by Crippen LogP contribution is 2.39. The highest BCUT2D eigenvalue weighted by atomic mass is 32.2.